The van der Waals surface area contributed by atoms with Crippen molar-refractivity contribution < 1.29 is 9.90 Å². The summed E-state index contributed by atoms with van der Waals surface area (Å²) >= 11 is 0. The molecule has 25 heavy (non-hydrogen) atoms. The van der Waals surface area contributed by atoms with Gasteiger partial charge in [0.05, 0.1) is 12.5 Å². The van der Waals surface area contributed by atoms with Crippen LogP contribution in [0.4, 0.5) is 0 Å². The van der Waals surface area contributed by atoms with Gasteiger partial charge in [-0.2, -0.15) is 0 Å². The summed E-state index contributed by atoms with van der Waals surface area (Å²) in [6.45, 7) is 2.84. The number of carbonyl (C=O) groups is 1. The molecule has 1 amide bonds. The van der Waals surface area contributed by atoms with Crippen LogP contribution in [0.3, 0.4) is 0 Å². The zero-order valence-electron chi connectivity index (χ0n) is 14.5. The second kappa shape index (κ2) is 8.79. The number of aliphatic hydroxyl groups excluding tert-OH is 1. The summed E-state index contributed by atoms with van der Waals surface area (Å²) in [6, 6.07) is 19.9. The van der Waals surface area contributed by atoms with E-state index in [-0.39, 0.29) is 18.4 Å². The van der Waals surface area contributed by atoms with Crippen molar-refractivity contribution in [2.24, 2.45) is 0 Å². The molecular formula is C21H26N2O2. The molecule has 2 N–H and O–H groups in total. The minimum absolute atomic E-state index is 0.0806. The van der Waals surface area contributed by atoms with E-state index in [2.05, 4.69) is 34.5 Å². The summed E-state index contributed by atoms with van der Waals surface area (Å²) in [6.07, 6.45) is 1.45. The lowest BCUT2D eigenvalue weighted by Crippen LogP contribution is -2.47. The number of piperidine rings is 1. The van der Waals surface area contributed by atoms with Crippen LogP contribution in [0.25, 0.3) is 0 Å². The highest BCUT2D eigenvalue weighted by Crippen LogP contribution is 2.17. The van der Waals surface area contributed by atoms with Crippen molar-refractivity contribution in [1.82, 2.24) is 10.2 Å². The highest BCUT2D eigenvalue weighted by Gasteiger charge is 2.22. The summed E-state index contributed by atoms with van der Waals surface area (Å²) in [4.78, 5) is 14.7. The lowest BCUT2D eigenvalue weighted by molar-refractivity contribution is -0.124. The Morgan fingerprint density at radius 1 is 1.12 bits per heavy atom. The molecule has 0 aliphatic carbocycles. The first kappa shape index (κ1) is 17.6. The van der Waals surface area contributed by atoms with E-state index < -0.39 is 6.10 Å². The summed E-state index contributed by atoms with van der Waals surface area (Å²) < 4.78 is 0. The van der Waals surface area contributed by atoms with Crippen LogP contribution in [-0.4, -0.2) is 35.0 Å². The molecule has 4 heteroatoms. The van der Waals surface area contributed by atoms with Gasteiger partial charge in [-0.25, -0.2) is 0 Å². The number of likely N-dealkylation sites (tertiary alicyclic amines) is 1. The Balaban J connectivity index is 1.48. The van der Waals surface area contributed by atoms with Gasteiger partial charge in [0.2, 0.25) is 5.91 Å². The zero-order valence-corrected chi connectivity index (χ0v) is 14.5. The van der Waals surface area contributed by atoms with E-state index in [1.54, 1.807) is 0 Å². The molecule has 1 aliphatic rings. The molecule has 2 unspecified atom stereocenters. The molecule has 0 saturated carbocycles. The Morgan fingerprint density at radius 2 is 1.80 bits per heavy atom. The van der Waals surface area contributed by atoms with Gasteiger partial charge in [-0.05, 0) is 30.5 Å². The van der Waals surface area contributed by atoms with Crippen molar-refractivity contribution in [2.75, 3.05) is 13.1 Å². The molecule has 3 rings (SSSR count). The number of amides is 1. The largest absolute Gasteiger partial charge is 0.388 e. The molecule has 1 saturated heterocycles. The van der Waals surface area contributed by atoms with Gasteiger partial charge >= 0.3 is 0 Å². The minimum atomic E-state index is -0.745. The second-order valence-corrected chi connectivity index (χ2v) is 6.76. The molecule has 2 aromatic carbocycles. The highest BCUT2D eigenvalue weighted by atomic mass is 16.3. The molecule has 132 valence electrons. The maximum Gasteiger partial charge on any atom is 0.223 e. The van der Waals surface area contributed by atoms with E-state index in [4.69, 9.17) is 0 Å². The van der Waals surface area contributed by atoms with Gasteiger partial charge in [0.1, 0.15) is 0 Å². The highest BCUT2D eigenvalue weighted by molar-refractivity contribution is 5.77. The second-order valence-electron chi connectivity index (χ2n) is 6.76. The smallest absolute Gasteiger partial charge is 0.223 e. The average Bonchev–Trinajstić information content (AvgIpc) is 2.63. The third-order valence-electron chi connectivity index (χ3n) is 4.68. The van der Waals surface area contributed by atoms with E-state index in [0.29, 0.717) is 0 Å². The molecule has 0 aromatic heterocycles. The lowest BCUT2D eigenvalue weighted by atomic mass is 10.0. The normalized spacial score (nSPS) is 19.3. The molecule has 1 aliphatic heterocycles. The third-order valence-corrected chi connectivity index (χ3v) is 4.68. The average molecular weight is 338 g/mol. The number of benzene rings is 2. The molecule has 1 fully saturated rings. The molecule has 1 heterocycles. The molecule has 4 nitrogen and oxygen atoms in total. The molecule has 2 aromatic rings. The number of hydrogen-bond donors (Lipinski definition) is 2. The zero-order chi connectivity index (χ0) is 17.5. The first-order chi connectivity index (χ1) is 12.2. The monoisotopic (exact) mass is 338 g/mol. The van der Waals surface area contributed by atoms with Gasteiger partial charge < -0.3 is 10.4 Å². The maximum absolute atomic E-state index is 12.3. The van der Waals surface area contributed by atoms with E-state index in [1.807, 2.05) is 36.4 Å². The van der Waals surface area contributed by atoms with Crippen molar-refractivity contribution in [2.45, 2.75) is 38.0 Å². The van der Waals surface area contributed by atoms with Crippen molar-refractivity contribution >= 4 is 5.91 Å². The van der Waals surface area contributed by atoms with Crippen LogP contribution >= 0.6 is 0 Å². The Morgan fingerprint density at radius 3 is 2.52 bits per heavy atom. The Kier molecular flexibility index (Phi) is 6.20. The van der Waals surface area contributed by atoms with Crippen molar-refractivity contribution in [3.63, 3.8) is 0 Å². The summed E-state index contributed by atoms with van der Waals surface area (Å²) in [5.74, 6) is -0.0806. The SMILES string of the molecule is O=C(CC(O)c1ccccc1)NC1CCCN(Cc2ccccc2)C1. The number of aliphatic hydroxyl groups is 1. The van der Waals surface area contributed by atoms with Crippen LogP contribution in [0, 0.1) is 0 Å². The van der Waals surface area contributed by atoms with Crippen LogP contribution in [-0.2, 0) is 11.3 Å². The number of nitrogens with zero attached hydrogens (tertiary/aromatic N) is 1. The van der Waals surface area contributed by atoms with Gasteiger partial charge in [-0.3, -0.25) is 9.69 Å². The topological polar surface area (TPSA) is 52.6 Å². The number of carbonyl (C=O) groups excluding carboxylic acids is 1. The van der Waals surface area contributed by atoms with Crippen molar-refractivity contribution in [3.05, 3.63) is 71.8 Å². The number of rotatable bonds is 6. The number of hydrogen-bond acceptors (Lipinski definition) is 3. The fraction of sp³-hybridized carbons (Fsp3) is 0.381. The first-order valence-corrected chi connectivity index (χ1v) is 8.99. The number of nitrogens with one attached hydrogen (secondary N) is 1. The quantitative estimate of drug-likeness (QED) is 0.851. The van der Waals surface area contributed by atoms with Crippen molar-refractivity contribution in [3.8, 4) is 0 Å². The summed E-state index contributed by atoms with van der Waals surface area (Å²) in [5, 5.41) is 13.3. The Bertz CT molecular complexity index is 660. The van der Waals surface area contributed by atoms with Crippen LogP contribution < -0.4 is 5.32 Å². The van der Waals surface area contributed by atoms with E-state index >= 15 is 0 Å². The lowest BCUT2D eigenvalue weighted by Gasteiger charge is -2.33. The third kappa shape index (κ3) is 5.41. The van der Waals surface area contributed by atoms with E-state index in [1.165, 1.54) is 5.56 Å². The van der Waals surface area contributed by atoms with E-state index in [9.17, 15) is 9.90 Å². The molecule has 0 radical (unpaired) electrons. The van der Waals surface area contributed by atoms with Crippen LogP contribution in [0.1, 0.15) is 36.5 Å². The van der Waals surface area contributed by atoms with Gasteiger partial charge in [-0.15, -0.1) is 0 Å². The predicted octanol–water partition coefficient (Wildman–Crippen LogP) is 2.89. The first-order valence-electron chi connectivity index (χ1n) is 8.99. The van der Waals surface area contributed by atoms with E-state index in [0.717, 1.165) is 38.0 Å². The van der Waals surface area contributed by atoms with Crippen LogP contribution in [0.5, 0.6) is 0 Å². The Hall–Kier alpha value is -2.17. The van der Waals surface area contributed by atoms with Gasteiger partial charge in [0.25, 0.3) is 0 Å². The van der Waals surface area contributed by atoms with Crippen LogP contribution in [0.15, 0.2) is 60.7 Å². The maximum atomic E-state index is 12.3. The molecule has 2 atom stereocenters. The van der Waals surface area contributed by atoms with Gasteiger partial charge in [0, 0.05) is 19.1 Å². The standard InChI is InChI=1S/C21H26N2O2/c24-20(18-10-5-2-6-11-18)14-21(25)22-19-12-7-13-23(16-19)15-17-8-3-1-4-9-17/h1-6,8-11,19-20,24H,7,12-16H2,(H,22,25). The fourth-order valence-corrected chi connectivity index (χ4v) is 3.41. The molecular weight excluding hydrogens is 312 g/mol. The summed E-state index contributed by atoms with van der Waals surface area (Å²) in [5.41, 5.74) is 2.08. The van der Waals surface area contributed by atoms with Crippen LogP contribution in [0.2, 0.25) is 0 Å². The fourth-order valence-electron chi connectivity index (χ4n) is 3.41. The minimum Gasteiger partial charge on any atom is -0.388 e. The molecule has 0 spiro atoms. The summed E-state index contributed by atoms with van der Waals surface area (Å²) in [7, 11) is 0. The van der Waals surface area contributed by atoms with Gasteiger partial charge in [-0.1, -0.05) is 60.7 Å². The van der Waals surface area contributed by atoms with Gasteiger partial charge in [0.15, 0.2) is 0 Å². The van der Waals surface area contributed by atoms with Crippen molar-refractivity contribution in [1.29, 1.82) is 0 Å². The Labute approximate surface area is 149 Å². The predicted molar refractivity (Wildman–Crippen MR) is 98.9 cm³/mol. The molecule has 0 bridgehead atoms.